The van der Waals surface area contributed by atoms with E-state index in [4.69, 9.17) is 9.73 Å². The number of rotatable bonds is 11. The lowest BCUT2D eigenvalue weighted by Crippen LogP contribution is -2.43. The Morgan fingerprint density at radius 1 is 1.26 bits per heavy atom. The van der Waals surface area contributed by atoms with Gasteiger partial charge in [-0.15, -0.1) is 0 Å². The third-order valence-electron chi connectivity index (χ3n) is 5.27. The molecule has 1 saturated carbocycles. The summed E-state index contributed by atoms with van der Waals surface area (Å²) in [6.45, 7) is 8.18. The normalized spacial score (nSPS) is 20.7. The number of amides is 1. The van der Waals surface area contributed by atoms with Crippen LogP contribution in [0.5, 0.6) is 0 Å². The number of ether oxygens (including phenoxy) is 1. The standard InChI is InChI=1S/C20H39N5O2/c1-5-21-20(24(4)14-15-27-16-17-9-10-17)22-11-7-13-25-12-6-8-18(25)19(26)23(2)3/h17-18H,5-16H2,1-4H3,(H,21,22). The van der Waals surface area contributed by atoms with E-state index in [1.807, 2.05) is 14.1 Å². The maximum atomic E-state index is 12.3. The van der Waals surface area contributed by atoms with Crippen molar-refractivity contribution in [1.29, 1.82) is 0 Å². The number of hydrogen-bond acceptors (Lipinski definition) is 4. The van der Waals surface area contributed by atoms with Gasteiger partial charge in [0.05, 0.1) is 12.6 Å². The van der Waals surface area contributed by atoms with Gasteiger partial charge in [-0.2, -0.15) is 0 Å². The van der Waals surface area contributed by atoms with Crippen LogP contribution in [0.25, 0.3) is 0 Å². The van der Waals surface area contributed by atoms with Crippen LogP contribution in [0.4, 0.5) is 0 Å². The van der Waals surface area contributed by atoms with Crippen LogP contribution in [0.2, 0.25) is 0 Å². The molecule has 0 spiro atoms. The van der Waals surface area contributed by atoms with Crippen molar-refractivity contribution in [2.75, 3.05) is 67.1 Å². The molecule has 0 aromatic rings. The average molecular weight is 382 g/mol. The second-order valence-corrected chi connectivity index (χ2v) is 7.96. The van der Waals surface area contributed by atoms with Crippen LogP contribution in [0, 0.1) is 5.92 Å². The minimum absolute atomic E-state index is 0.0588. The first-order valence-corrected chi connectivity index (χ1v) is 10.5. The Morgan fingerprint density at radius 2 is 2.04 bits per heavy atom. The first-order chi connectivity index (χ1) is 13.0. The molecule has 7 heteroatoms. The van der Waals surface area contributed by atoms with Gasteiger partial charge < -0.3 is 19.9 Å². The number of carbonyl (C=O) groups is 1. The number of nitrogens with one attached hydrogen (secondary N) is 1. The monoisotopic (exact) mass is 381 g/mol. The van der Waals surface area contributed by atoms with Crippen molar-refractivity contribution in [2.24, 2.45) is 10.9 Å². The number of guanidine groups is 1. The Hall–Kier alpha value is -1.34. The zero-order valence-corrected chi connectivity index (χ0v) is 17.7. The fraction of sp³-hybridized carbons (Fsp3) is 0.900. The third kappa shape index (κ3) is 7.66. The van der Waals surface area contributed by atoms with Gasteiger partial charge in [0.2, 0.25) is 5.91 Å². The number of aliphatic imine (C=N–C) groups is 1. The Kier molecular flexibility index (Phi) is 9.34. The van der Waals surface area contributed by atoms with Crippen LogP contribution in [0.1, 0.15) is 39.0 Å². The number of carbonyl (C=O) groups excluding carboxylic acids is 1. The quantitative estimate of drug-likeness (QED) is 0.332. The summed E-state index contributed by atoms with van der Waals surface area (Å²) in [5, 5.41) is 3.36. The molecule has 27 heavy (non-hydrogen) atoms. The molecule has 156 valence electrons. The van der Waals surface area contributed by atoms with E-state index in [1.54, 1.807) is 4.90 Å². The third-order valence-corrected chi connectivity index (χ3v) is 5.27. The van der Waals surface area contributed by atoms with Gasteiger partial charge in [0.15, 0.2) is 5.96 Å². The smallest absolute Gasteiger partial charge is 0.239 e. The van der Waals surface area contributed by atoms with Gasteiger partial charge in [-0.1, -0.05) is 0 Å². The summed E-state index contributed by atoms with van der Waals surface area (Å²) in [5.74, 6) is 1.98. The largest absolute Gasteiger partial charge is 0.379 e. The number of likely N-dealkylation sites (tertiary alicyclic amines) is 1. The Balaban J connectivity index is 1.70. The summed E-state index contributed by atoms with van der Waals surface area (Å²) in [6.07, 6.45) is 5.72. The number of hydrogen-bond donors (Lipinski definition) is 1. The lowest BCUT2D eigenvalue weighted by molar-refractivity contribution is -0.133. The first kappa shape index (κ1) is 22.0. The molecule has 2 fully saturated rings. The molecular weight excluding hydrogens is 342 g/mol. The zero-order valence-electron chi connectivity index (χ0n) is 17.7. The van der Waals surface area contributed by atoms with E-state index in [-0.39, 0.29) is 11.9 Å². The van der Waals surface area contributed by atoms with Crippen LogP contribution in [-0.4, -0.2) is 99.7 Å². The van der Waals surface area contributed by atoms with E-state index in [0.717, 1.165) is 77.1 Å². The fourth-order valence-electron chi connectivity index (χ4n) is 3.44. The lowest BCUT2D eigenvalue weighted by Gasteiger charge is -2.26. The van der Waals surface area contributed by atoms with Crippen molar-refractivity contribution in [3.05, 3.63) is 0 Å². The van der Waals surface area contributed by atoms with Gasteiger partial charge in [-0.25, -0.2) is 0 Å². The summed E-state index contributed by atoms with van der Waals surface area (Å²) in [4.78, 5) is 23.2. The molecule has 1 saturated heterocycles. The summed E-state index contributed by atoms with van der Waals surface area (Å²) in [6, 6.07) is 0.0588. The van der Waals surface area contributed by atoms with Gasteiger partial charge >= 0.3 is 0 Å². The van der Waals surface area contributed by atoms with Crippen molar-refractivity contribution in [3.8, 4) is 0 Å². The Labute approximate surface area is 165 Å². The maximum absolute atomic E-state index is 12.3. The molecule has 7 nitrogen and oxygen atoms in total. The number of likely N-dealkylation sites (N-methyl/N-ethyl adjacent to an activating group) is 2. The molecule has 0 aromatic heterocycles. The second kappa shape index (κ2) is 11.5. The molecule has 1 aliphatic carbocycles. The van der Waals surface area contributed by atoms with E-state index in [2.05, 4.69) is 29.1 Å². The highest BCUT2D eigenvalue weighted by Gasteiger charge is 2.30. The van der Waals surface area contributed by atoms with Crippen LogP contribution in [0.15, 0.2) is 4.99 Å². The average Bonchev–Trinajstić information content (AvgIpc) is 3.36. The molecule has 1 heterocycles. The van der Waals surface area contributed by atoms with Crippen LogP contribution >= 0.6 is 0 Å². The van der Waals surface area contributed by atoms with Crippen LogP contribution < -0.4 is 5.32 Å². The van der Waals surface area contributed by atoms with Gasteiger partial charge in [0, 0.05) is 53.9 Å². The van der Waals surface area contributed by atoms with Gasteiger partial charge in [-0.3, -0.25) is 14.7 Å². The maximum Gasteiger partial charge on any atom is 0.239 e. The molecule has 1 unspecified atom stereocenters. The summed E-state index contributed by atoms with van der Waals surface area (Å²) in [5.41, 5.74) is 0. The first-order valence-electron chi connectivity index (χ1n) is 10.5. The van der Waals surface area contributed by atoms with Crippen molar-refractivity contribution < 1.29 is 9.53 Å². The minimum atomic E-state index is 0.0588. The van der Waals surface area contributed by atoms with E-state index in [1.165, 1.54) is 12.8 Å². The molecule has 1 N–H and O–H groups in total. The predicted octanol–water partition coefficient (Wildman–Crippen LogP) is 1.25. The predicted molar refractivity (Wildman–Crippen MR) is 110 cm³/mol. The summed E-state index contributed by atoms with van der Waals surface area (Å²) in [7, 11) is 5.75. The van der Waals surface area contributed by atoms with E-state index < -0.39 is 0 Å². The summed E-state index contributed by atoms with van der Waals surface area (Å²) >= 11 is 0. The second-order valence-electron chi connectivity index (χ2n) is 7.96. The molecule has 2 aliphatic rings. The Morgan fingerprint density at radius 3 is 2.70 bits per heavy atom. The Bertz CT molecular complexity index is 479. The van der Waals surface area contributed by atoms with Crippen LogP contribution in [-0.2, 0) is 9.53 Å². The highest BCUT2D eigenvalue weighted by molar-refractivity contribution is 5.81. The van der Waals surface area contributed by atoms with Gasteiger partial charge in [0.25, 0.3) is 0 Å². The van der Waals surface area contributed by atoms with Crippen LogP contribution in [0.3, 0.4) is 0 Å². The van der Waals surface area contributed by atoms with E-state index in [9.17, 15) is 4.79 Å². The molecule has 1 aliphatic heterocycles. The zero-order chi connectivity index (χ0) is 19.6. The van der Waals surface area contributed by atoms with E-state index >= 15 is 0 Å². The highest BCUT2D eigenvalue weighted by atomic mass is 16.5. The molecule has 1 atom stereocenters. The molecule has 1 amide bonds. The topological polar surface area (TPSA) is 60.4 Å². The highest BCUT2D eigenvalue weighted by Crippen LogP contribution is 2.28. The SMILES string of the molecule is CCNC(=NCCCN1CCCC1C(=O)N(C)C)N(C)CCOCC1CC1. The van der Waals surface area contributed by atoms with Crippen molar-refractivity contribution in [3.63, 3.8) is 0 Å². The lowest BCUT2D eigenvalue weighted by atomic mass is 10.2. The van der Waals surface area contributed by atoms with E-state index in [0.29, 0.717) is 0 Å². The van der Waals surface area contributed by atoms with Crippen molar-refractivity contribution >= 4 is 11.9 Å². The molecular formula is C20H39N5O2. The van der Waals surface area contributed by atoms with Gasteiger partial charge in [-0.05, 0) is 51.5 Å². The molecule has 0 radical (unpaired) electrons. The molecule has 0 aromatic carbocycles. The van der Waals surface area contributed by atoms with Crippen molar-refractivity contribution in [1.82, 2.24) is 20.0 Å². The fourth-order valence-corrected chi connectivity index (χ4v) is 3.44. The number of nitrogens with zero attached hydrogens (tertiary/aromatic N) is 4. The molecule has 2 rings (SSSR count). The minimum Gasteiger partial charge on any atom is -0.379 e. The van der Waals surface area contributed by atoms with Gasteiger partial charge in [0.1, 0.15) is 0 Å². The van der Waals surface area contributed by atoms with Crippen molar-refractivity contribution in [2.45, 2.75) is 45.1 Å². The summed E-state index contributed by atoms with van der Waals surface area (Å²) < 4.78 is 5.74. The molecule has 0 bridgehead atoms.